The number of pyridine rings is 1. The Morgan fingerprint density at radius 2 is 1.95 bits per heavy atom. The van der Waals surface area contributed by atoms with E-state index in [-0.39, 0.29) is 29.9 Å². The molecule has 11 heteroatoms. The van der Waals surface area contributed by atoms with Gasteiger partial charge in [0.05, 0.1) is 24.3 Å². The maximum atomic E-state index is 13.9. The predicted molar refractivity (Wildman–Crippen MR) is 165 cm³/mol. The van der Waals surface area contributed by atoms with Gasteiger partial charge >= 0.3 is 12.1 Å². The van der Waals surface area contributed by atoms with E-state index in [0.717, 1.165) is 51.7 Å². The molecule has 1 aromatic carbocycles. The van der Waals surface area contributed by atoms with Crippen LogP contribution < -0.4 is 0 Å². The smallest absolute Gasteiger partial charge is 0.410 e. The molecular weight excluding hydrogens is 582 g/mol. The number of aromatic nitrogens is 2. The van der Waals surface area contributed by atoms with Crippen LogP contribution in [0.15, 0.2) is 30.6 Å². The van der Waals surface area contributed by atoms with Gasteiger partial charge in [0.25, 0.3) is 0 Å². The number of amides is 3. The molecule has 4 fully saturated rings. The predicted octanol–water partition coefficient (Wildman–Crippen LogP) is 5.72. The molecule has 6 heterocycles. The second-order valence-electron chi connectivity index (χ2n) is 13.4. The van der Waals surface area contributed by atoms with E-state index in [2.05, 4.69) is 22.1 Å². The quantitative estimate of drug-likeness (QED) is 0.393. The van der Waals surface area contributed by atoms with Gasteiger partial charge in [-0.2, -0.15) is 0 Å². The van der Waals surface area contributed by atoms with Crippen LogP contribution in [0.3, 0.4) is 0 Å². The van der Waals surface area contributed by atoms with Crippen LogP contribution >= 0.6 is 11.6 Å². The number of fused-ring (bicyclic) bond motifs is 5. The minimum Gasteiger partial charge on any atom is -0.444 e. The largest absolute Gasteiger partial charge is 0.444 e. The number of hydrogen-bond acceptors (Lipinski definition) is 6. The van der Waals surface area contributed by atoms with Crippen LogP contribution in [0.5, 0.6) is 0 Å². The highest BCUT2D eigenvalue weighted by atomic mass is 35.5. The first-order chi connectivity index (χ1) is 21.1. The Morgan fingerprint density at radius 3 is 2.70 bits per heavy atom. The van der Waals surface area contributed by atoms with Gasteiger partial charge < -0.3 is 24.3 Å². The number of benzene rings is 1. The molecule has 8 rings (SSSR count). The van der Waals surface area contributed by atoms with Crippen molar-refractivity contribution >= 4 is 40.5 Å². The minimum atomic E-state index is -0.642. The second-order valence-corrected chi connectivity index (χ2v) is 13.8. The molecule has 2 aromatic heterocycles. The van der Waals surface area contributed by atoms with E-state index in [4.69, 9.17) is 21.1 Å². The molecule has 1 N–H and O–H groups in total. The van der Waals surface area contributed by atoms with Crippen LogP contribution in [-0.2, 0) is 27.2 Å². The third kappa shape index (κ3) is 5.32. The Kier molecular flexibility index (Phi) is 7.32. The zero-order valence-electron chi connectivity index (χ0n) is 25.4. The highest BCUT2D eigenvalue weighted by molar-refractivity contribution is 6.35. The van der Waals surface area contributed by atoms with Crippen molar-refractivity contribution in [3.8, 4) is 11.1 Å². The maximum absolute atomic E-state index is 13.9. The number of piperidine rings is 2. The summed E-state index contributed by atoms with van der Waals surface area (Å²) in [7, 11) is 0. The van der Waals surface area contributed by atoms with Gasteiger partial charge in [-0.3, -0.25) is 9.69 Å². The lowest BCUT2D eigenvalue weighted by atomic mass is 9.79. The molecule has 3 aromatic rings. The Labute approximate surface area is 261 Å². The summed E-state index contributed by atoms with van der Waals surface area (Å²) in [5, 5.41) is 1.44. The summed E-state index contributed by atoms with van der Waals surface area (Å²) >= 11 is 6.44. The molecule has 44 heavy (non-hydrogen) atoms. The normalized spacial score (nSPS) is 23.7. The molecule has 10 nitrogen and oxygen atoms in total. The molecule has 4 aliphatic heterocycles. The van der Waals surface area contributed by atoms with Crippen LogP contribution in [0.25, 0.3) is 22.2 Å². The molecule has 5 aliphatic rings. The lowest BCUT2D eigenvalue weighted by molar-refractivity contribution is -0.131. The van der Waals surface area contributed by atoms with Crippen molar-refractivity contribution in [3.05, 3.63) is 52.3 Å². The number of halogens is 1. The third-order valence-corrected chi connectivity index (χ3v) is 9.73. The van der Waals surface area contributed by atoms with E-state index < -0.39 is 11.6 Å². The molecule has 1 saturated carbocycles. The van der Waals surface area contributed by atoms with E-state index in [1.807, 2.05) is 42.8 Å². The second kappa shape index (κ2) is 11.1. The molecule has 0 radical (unpaired) electrons. The zero-order chi connectivity index (χ0) is 30.7. The van der Waals surface area contributed by atoms with E-state index in [0.29, 0.717) is 57.3 Å². The van der Waals surface area contributed by atoms with Crippen molar-refractivity contribution in [1.82, 2.24) is 24.7 Å². The fraction of sp³-hybridized carbons (Fsp3) is 0.515. The summed E-state index contributed by atoms with van der Waals surface area (Å²) in [5.74, 6) is 0.248. The molecular formula is C33H38ClN5O5. The number of ketones is 1. The molecule has 0 spiro atoms. The van der Waals surface area contributed by atoms with Crippen molar-refractivity contribution in [1.29, 1.82) is 0 Å². The summed E-state index contributed by atoms with van der Waals surface area (Å²) < 4.78 is 11.8. The molecule has 3 atom stereocenters. The van der Waals surface area contributed by atoms with Crippen molar-refractivity contribution in [2.24, 2.45) is 5.92 Å². The molecule has 2 bridgehead atoms. The van der Waals surface area contributed by atoms with Crippen molar-refractivity contribution < 1.29 is 23.9 Å². The van der Waals surface area contributed by atoms with Crippen molar-refractivity contribution in [3.63, 3.8) is 0 Å². The number of carbonyl (C=O) groups excluding carboxylic acids is 3. The van der Waals surface area contributed by atoms with E-state index in [1.54, 1.807) is 11.1 Å². The summed E-state index contributed by atoms with van der Waals surface area (Å²) in [6.07, 6.45) is 6.07. The van der Waals surface area contributed by atoms with Gasteiger partial charge in [-0.05, 0) is 74.4 Å². The lowest BCUT2D eigenvalue weighted by Gasteiger charge is -2.46. The van der Waals surface area contributed by atoms with Gasteiger partial charge in [0.1, 0.15) is 17.0 Å². The Bertz CT molecular complexity index is 1650. The highest BCUT2D eigenvalue weighted by Crippen LogP contribution is 2.39. The Balaban J connectivity index is 1.27. The average Bonchev–Trinajstić information content (AvgIpc) is 3.39. The molecule has 2 unspecified atom stereocenters. The zero-order valence-corrected chi connectivity index (χ0v) is 26.2. The van der Waals surface area contributed by atoms with Crippen molar-refractivity contribution in [2.75, 3.05) is 32.8 Å². The van der Waals surface area contributed by atoms with Gasteiger partial charge in [-0.25, -0.2) is 14.6 Å². The summed E-state index contributed by atoms with van der Waals surface area (Å²) in [6.45, 7) is 8.25. The first-order valence-electron chi connectivity index (χ1n) is 15.5. The fourth-order valence-electron chi connectivity index (χ4n) is 7.17. The number of nitrogens with zero attached hydrogens (tertiary/aromatic N) is 4. The fourth-order valence-corrected chi connectivity index (χ4v) is 7.37. The van der Waals surface area contributed by atoms with Gasteiger partial charge in [0.15, 0.2) is 0 Å². The van der Waals surface area contributed by atoms with Gasteiger partial charge in [0, 0.05) is 67.9 Å². The minimum absolute atomic E-state index is 0.00600. The summed E-state index contributed by atoms with van der Waals surface area (Å²) in [6, 6.07) is 5.90. The first-order valence-corrected chi connectivity index (χ1v) is 15.9. The number of H-pyrrole nitrogens is 1. The number of rotatable bonds is 2. The number of urea groups is 1. The summed E-state index contributed by atoms with van der Waals surface area (Å²) in [5.41, 5.74) is 5.06. The molecule has 3 saturated heterocycles. The number of hydrogen-bond donors (Lipinski definition) is 1. The highest BCUT2D eigenvalue weighted by Gasteiger charge is 2.43. The van der Waals surface area contributed by atoms with Crippen LogP contribution in [0.4, 0.5) is 9.59 Å². The topological polar surface area (TPSA) is 108 Å². The molecule has 3 amide bonds. The Morgan fingerprint density at radius 1 is 1.11 bits per heavy atom. The number of nitrogens with one attached hydrogen (secondary N) is 1. The van der Waals surface area contributed by atoms with Crippen molar-refractivity contribution in [2.45, 2.75) is 70.7 Å². The molecule has 232 valence electrons. The number of ether oxygens (including phenoxy) is 2. The number of morpholine rings is 1. The van der Waals surface area contributed by atoms with E-state index in [1.165, 1.54) is 0 Å². The number of Topliss-reactive ketones (excluding diaryl/α,β-unsaturated/α-hetero) is 1. The average molecular weight is 620 g/mol. The SMILES string of the molecule is CC(C)(C)OC(=O)N1CCOC[C@H]1c1cc(-c2cnc3[nH]cc(Cl)c3c2)cc2c1CN(C(=O)N1CC3CCC1CC3=O)CC2. The van der Waals surface area contributed by atoms with Crippen LogP contribution in [0, 0.1) is 5.92 Å². The first kappa shape index (κ1) is 29.1. The Hall–Kier alpha value is -3.63. The number of carbonyl (C=O) groups is 3. The monoisotopic (exact) mass is 619 g/mol. The number of aromatic amines is 1. The third-order valence-electron chi connectivity index (χ3n) is 9.42. The van der Waals surface area contributed by atoms with Crippen LogP contribution in [-0.4, -0.2) is 87.1 Å². The standard InChI is InChI=1S/C33H38ClN5O5/c1-33(2,3)44-32(42)38-8-9-43-18-28(38)24-11-21(22-12-25-27(34)15-36-30(25)35-14-22)10-19-6-7-37(17-26(19)24)31(41)39-16-20-4-5-23(39)13-29(20)40/h10-12,14-15,20,23,28H,4-9,13,16-18H2,1-3H3,(H,35,36)/t20?,23?,28-/m0/s1. The van der Waals surface area contributed by atoms with Crippen LogP contribution in [0.1, 0.15) is 62.8 Å². The van der Waals surface area contributed by atoms with Gasteiger partial charge in [-0.1, -0.05) is 17.7 Å². The van der Waals surface area contributed by atoms with E-state index in [9.17, 15) is 14.4 Å². The molecule has 1 aliphatic carbocycles. The summed E-state index contributed by atoms with van der Waals surface area (Å²) in [4.78, 5) is 53.0. The van der Waals surface area contributed by atoms with Gasteiger partial charge in [0.2, 0.25) is 0 Å². The van der Waals surface area contributed by atoms with Gasteiger partial charge in [-0.15, -0.1) is 0 Å². The lowest BCUT2D eigenvalue weighted by Crippen LogP contribution is -2.58. The van der Waals surface area contributed by atoms with E-state index >= 15 is 0 Å². The maximum Gasteiger partial charge on any atom is 0.410 e. The van der Waals surface area contributed by atoms with Crippen LogP contribution in [0.2, 0.25) is 5.02 Å².